The number of carbonyl (C=O) groups excluding carboxylic acids is 2. The standard InChI is InChI=1S/C16H17N3O5/c1-22-12-6-9(7-13(23-2)14(12)24-3)16(21)19-10-4-5-18-11(8-10)15(17)20/h4-8H,1-3H3,(H2,17,20)(H,18,19,21). The predicted octanol–water partition coefficient (Wildman–Crippen LogP) is 1.46. The van der Waals surface area contributed by atoms with E-state index in [4.69, 9.17) is 19.9 Å². The molecule has 1 aromatic heterocycles. The molecule has 0 atom stereocenters. The minimum absolute atomic E-state index is 0.0534. The number of hydrogen-bond donors (Lipinski definition) is 2. The third-order valence-corrected chi connectivity index (χ3v) is 3.20. The van der Waals surface area contributed by atoms with E-state index in [9.17, 15) is 9.59 Å². The number of aromatic nitrogens is 1. The second kappa shape index (κ2) is 7.32. The Kier molecular flexibility index (Phi) is 5.20. The summed E-state index contributed by atoms with van der Waals surface area (Å²) in [6.45, 7) is 0. The lowest BCUT2D eigenvalue weighted by atomic mass is 10.1. The van der Waals surface area contributed by atoms with Crippen LogP contribution in [0, 0.1) is 0 Å². The van der Waals surface area contributed by atoms with Gasteiger partial charge in [0.05, 0.1) is 21.3 Å². The molecular formula is C16H17N3O5. The Hall–Kier alpha value is -3.29. The van der Waals surface area contributed by atoms with Gasteiger partial charge in [-0.2, -0.15) is 0 Å². The highest BCUT2D eigenvalue weighted by Crippen LogP contribution is 2.38. The number of carbonyl (C=O) groups is 2. The zero-order valence-corrected chi connectivity index (χ0v) is 13.5. The molecule has 0 aliphatic heterocycles. The zero-order chi connectivity index (χ0) is 17.7. The molecule has 0 aliphatic rings. The second-order valence-corrected chi connectivity index (χ2v) is 4.66. The first-order chi connectivity index (χ1) is 11.5. The highest BCUT2D eigenvalue weighted by atomic mass is 16.5. The zero-order valence-electron chi connectivity index (χ0n) is 13.5. The summed E-state index contributed by atoms with van der Waals surface area (Å²) in [6.07, 6.45) is 1.38. The van der Waals surface area contributed by atoms with E-state index in [1.165, 1.54) is 45.7 Å². The molecule has 0 saturated carbocycles. The molecule has 0 saturated heterocycles. The van der Waals surface area contributed by atoms with Gasteiger partial charge in [-0.1, -0.05) is 0 Å². The van der Waals surface area contributed by atoms with Crippen LogP contribution in [-0.4, -0.2) is 38.1 Å². The summed E-state index contributed by atoms with van der Waals surface area (Å²) in [5, 5.41) is 2.65. The highest BCUT2D eigenvalue weighted by Gasteiger charge is 2.17. The molecule has 0 aliphatic carbocycles. The molecule has 24 heavy (non-hydrogen) atoms. The Balaban J connectivity index is 2.33. The molecule has 0 spiro atoms. The van der Waals surface area contributed by atoms with Gasteiger partial charge in [0, 0.05) is 17.4 Å². The smallest absolute Gasteiger partial charge is 0.267 e. The van der Waals surface area contributed by atoms with Crippen molar-refractivity contribution in [2.24, 2.45) is 5.73 Å². The third-order valence-electron chi connectivity index (χ3n) is 3.20. The Morgan fingerprint density at radius 2 is 1.67 bits per heavy atom. The van der Waals surface area contributed by atoms with Crippen molar-refractivity contribution < 1.29 is 23.8 Å². The topological polar surface area (TPSA) is 113 Å². The van der Waals surface area contributed by atoms with E-state index in [-0.39, 0.29) is 5.69 Å². The number of benzene rings is 1. The molecule has 3 N–H and O–H groups in total. The molecule has 1 aromatic carbocycles. The van der Waals surface area contributed by atoms with Gasteiger partial charge in [-0.3, -0.25) is 14.6 Å². The minimum atomic E-state index is -0.682. The summed E-state index contributed by atoms with van der Waals surface area (Å²) in [6, 6.07) is 5.97. The van der Waals surface area contributed by atoms with Gasteiger partial charge in [0.1, 0.15) is 5.69 Å². The number of ether oxygens (including phenoxy) is 3. The van der Waals surface area contributed by atoms with Crippen molar-refractivity contribution in [2.45, 2.75) is 0 Å². The van der Waals surface area contributed by atoms with Crippen LogP contribution < -0.4 is 25.3 Å². The number of hydrogen-bond acceptors (Lipinski definition) is 6. The molecule has 0 fully saturated rings. The summed E-state index contributed by atoms with van der Waals surface area (Å²) in [4.78, 5) is 27.4. The quantitative estimate of drug-likeness (QED) is 0.828. The summed E-state index contributed by atoms with van der Waals surface area (Å²) < 4.78 is 15.6. The summed E-state index contributed by atoms with van der Waals surface area (Å²) in [5.41, 5.74) is 5.90. The van der Waals surface area contributed by atoms with Crippen molar-refractivity contribution in [1.29, 1.82) is 0 Å². The molecule has 2 aromatic rings. The average molecular weight is 331 g/mol. The van der Waals surface area contributed by atoms with E-state index < -0.39 is 11.8 Å². The van der Waals surface area contributed by atoms with E-state index in [1.807, 2.05) is 0 Å². The van der Waals surface area contributed by atoms with Crippen LogP contribution in [0.3, 0.4) is 0 Å². The molecule has 0 unspecified atom stereocenters. The van der Waals surface area contributed by atoms with E-state index in [1.54, 1.807) is 6.07 Å². The largest absolute Gasteiger partial charge is 0.493 e. The predicted molar refractivity (Wildman–Crippen MR) is 86.8 cm³/mol. The van der Waals surface area contributed by atoms with Gasteiger partial charge in [-0.15, -0.1) is 0 Å². The van der Waals surface area contributed by atoms with Crippen molar-refractivity contribution in [3.8, 4) is 17.2 Å². The van der Waals surface area contributed by atoms with Crippen LogP contribution in [0.1, 0.15) is 20.8 Å². The number of nitrogens with zero attached hydrogens (tertiary/aromatic N) is 1. The first kappa shape index (κ1) is 17.1. The molecule has 8 nitrogen and oxygen atoms in total. The highest BCUT2D eigenvalue weighted by molar-refractivity contribution is 6.05. The lowest BCUT2D eigenvalue weighted by Gasteiger charge is -2.14. The van der Waals surface area contributed by atoms with Crippen LogP contribution in [0.2, 0.25) is 0 Å². The first-order valence-electron chi connectivity index (χ1n) is 6.87. The van der Waals surface area contributed by atoms with Crippen molar-refractivity contribution in [3.63, 3.8) is 0 Å². The van der Waals surface area contributed by atoms with Gasteiger partial charge in [-0.25, -0.2) is 0 Å². The second-order valence-electron chi connectivity index (χ2n) is 4.66. The number of pyridine rings is 1. The number of anilines is 1. The number of nitrogens with two attached hydrogens (primary N) is 1. The van der Waals surface area contributed by atoms with Gasteiger partial charge < -0.3 is 25.3 Å². The van der Waals surface area contributed by atoms with Gasteiger partial charge >= 0.3 is 0 Å². The fourth-order valence-electron chi connectivity index (χ4n) is 2.06. The maximum absolute atomic E-state index is 12.4. The van der Waals surface area contributed by atoms with Crippen molar-refractivity contribution in [1.82, 2.24) is 4.98 Å². The van der Waals surface area contributed by atoms with E-state index in [0.29, 0.717) is 28.5 Å². The fourth-order valence-corrected chi connectivity index (χ4v) is 2.06. The Bertz CT molecular complexity index is 751. The van der Waals surface area contributed by atoms with Crippen LogP contribution in [0.4, 0.5) is 5.69 Å². The van der Waals surface area contributed by atoms with Gasteiger partial charge in [-0.05, 0) is 24.3 Å². The van der Waals surface area contributed by atoms with Gasteiger partial charge in [0.2, 0.25) is 5.75 Å². The van der Waals surface area contributed by atoms with Gasteiger partial charge in [0.15, 0.2) is 11.5 Å². The van der Waals surface area contributed by atoms with Crippen LogP contribution in [0.5, 0.6) is 17.2 Å². The third kappa shape index (κ3) is 3.54. The monoisotopic (exact) mass is 331 g/mol. The lowest BCUT2D eigenvalue weighted by molar-refractivity contribution is 0.0992. The number of primary amides is 1. The SMILES string of the molecule is COc1cc(C(=O)Nc2ccnc(C(N)=O)c2)cc(OC)c1OC. The van der Waals surface area contributed by atoms with E-state index in [0.717, 1.165) is 0 Å². The molecule has 1 heterocycles. The van der Waals surface area contributed by atoms with E-state index in [2.05, 4.69) is 10.3 Å². The fraction of sp³-hybridized carbons (Fsp3) is 0.188. The van der Waals surface area contributed by atoms with E-state index >= 15 is 0 Å². The molecular weight excluding hydrogens is 314 g/mol. The Morgan fingerprint density at radius 1 is 1.04 bits per heavy atom. The Labute approximate surface area is 138 Å². The summed E-state index contributed by atoms with van der Waals surface area (Å²) >= 11 is 0. The molecule has 2 rings (SSSR count). The maximum Gasteiger partial charge on any atom is 0.267 e. The normalized spacial score (nSPS) is 9.96. The summed E-state index contributed by atoms with van der Waals surface area (Å²) in [7, 11) is 4.39. The molecule has 0 bridgehead atoms. The molecule has 126 valence electrons. The van der Waals surface area contributed by atoms with Gasteiger partial charge in [0.25, 0.3) is 11.8 Å². The van der Waals surface area contributed by atoms with Crippen molar-refractivity contribution in [3.05, 3.63) is 41.7 Å². The first-order valence-corrected chi connectivity index (χ1v) is 6.87. The van der Waals surface area contributed by atoms with Crippen LogP contribution >= 0.6 is 0 Å². The number of amides is 2. The Morgan fingerprint density at radius 3 is 2.17 bits per heavy atom. The summed E-state index contributed by atoms with van der Waals surface area (Å²) in [5.74, 6) is -0.00431. The number of nitrogens with one attached hydrogen (secondary N) is 1. The number of methoxy groups -OCH3 is 3. The van der Waals surface area contributed by atoms with Crippen molar-refractivity contribution >= 4 is 17.5 Å². The van der Waals surface area contributed by atoms with Crippen LogP contribution in [-0.2, 0) is 0 Å². The number of rotatable bonds is 6. The lowest BCUT2D eigenvalue weighted by Crippen LogP contribution is -2.16. The minimum Gasteiger partial charge on any atom is -0.493 e. The van der Waals surface area contributed by atoms with Crippen molar-refractivity contribution in [2.75, 3.05) is 26.6 Å². The average Bonchev–Trinajstić information content (AvgIpc) is 2.60. The molecule has 2 amide bonds. The van der Waals surface area contributed by atoms with Crippen LogP contribution in [0.15, 0.2) is 30.5 Å². The van der Waals surface area contributed by atoms with Crippen LogP contribution in [0.25, 0.3) is 0 Å². The maximum atomic E-state index is 12.4. The molecule has 0 radical (unpaired) electrons. The molecule has 8 heteroatoms.